The second-order valence-corrected chi connectivity index (χ2v) is 3.03. The summed E-state index contributed by atoms with van der Waals surface area (Å²) in [6, 6.07) is 14.8. The molecule has 1 heterocycles. The number of benzene rings is 1. The monoisotopic (exact) mass is 193 g/mol. The Balaban J connectivity index is 2.48. The van der Waals surface area contributed by atoms with E-state index in [1.807, 2.05) is 24.4 Å². The van der Waals surface area contributed by atoms with Crippen molar-refractivity contribution >= 4 is 0 Å². The number of hydrogen-bond donors (Lipinski definition) is 0. The maximum atomic E-state index is 8.85. The Morgan fingerprint density at radius 2 is 1.67 bits per heavy atom. The molecule has 0 aliphatic rings. The topological polar surface area (TPSA) is 52.5 Å². The van der Waals surface area contributed by atoms with Crippen molar-refractivity contribution in [1.29, 1.82) is 10.5 Å². The van der Waals surface area contributed by atoms with Gasteiger partial charge in [-0.05, 0) is 36.4 Å². The number of hydrogen-bond acceptors (Lipinski definition) is 2. The molecule has 0 unspecified atom stereocenters. The summed E-state index contributed by atoms with van der Waals surface area (Å²) in [5, 5.41) is 17.5. The standard InChI is InChI=1S/C12H7N3/c13-8-10-3-5-11(6-4-10)15-7-1-2-12(15)9-14/h1-7H. The molecular weight excluding hydrogens is 186 g/mol. The molecule has 0 amide bonds. The van der Waals surface area contributed by atoms with Crippen LogP contribution in [-0.2, 0) is 0 Å². The minimum absolute atomic E-state index is 0.583. The summed E-state index contributed by atoms with van der Waals surface area (Å²) < 4.78 is 1.78. The largest absolute Gasteiger partial charge is 0.308 e. The van der Waals surface area contributed by atoms with Gasteiger partial charge in [0.15, 0.2) is 0 Å². The molecule has 0 bridgehead atoms. The first-order chi connectivity index (χ1) is 7.35. The highest BCUT2D eigenvalue weighted by Gasteiger charge is 2.01. The smallest absolute Gasteiger partial charge is 0.124 e. The van der Waals surface area contributed by atoms with Gasteiger partial charge in [0.05, 0.1) is 11.6 Å². The van der Waals surface area contributed by atoms with Crippen molar-refractivity contribution in [2.45, 2.75) is 0 Å². The summed E-state index contributed by atoms with van der Waals surface area (Å²) in [6.45, 7) is 0. The predicted octanol–water partition coefficient (Wildman–Crippen LogP) is 2.22. The van der Waals surface area contributed by atoms with Gasteiger partial charge >= 0.3 is 0 Å². The second-order valence-electron chi connectivity index (χ2n) is 3.03. The lowest BCUT2D eigenvalue weighted by atomic mass is 10.2. The second kappa shape index (κ2) is 3.69. The molecule has 0 spiro atoms. The summed E-state index contributed by atoms with van der Waals surface area (Å²) in [7, 11) is 0. The summed E-state index contributed by atoms with van der Waals surface area (Å²) >= 11 is 0. The Bertz CT molecular complexity index is 550. The fourth-order valence-corrected chi connectivity index (χ4v) is 1.39. The maximum absolute atomic E-state index is 8.85. The number of nitrogens with zero attached hydrogens (tertiary/aromatic N) is 3. The van der Waals surface area contributed by atoms with Gasteiger partial charge in [0.2, 0.25) is 0 Å². The lowest BCUT2D eigenvalue weighted by Gasteiger charge is -2.03. The molecule has 0 atom stereocenters. The molecule has 0 radical (unpaired) electrons. The normalized spacial score (nSPS) is 9.20. The zero-order valence-electron chi connectivity index (χ0n) is 7.88. The Morgan fingerprint density at radius 3 is 2.27 bits per heavy atom. The van der Waals surface area contributed by atoms with Crippen LogP contribution in [0.5, 0.6) is 0 Å². The van der Waals surface area contributed by atoms with Crippen molar-refractivity contribution in [3.05, 3.63) is 53.9 Å². The van der Waals surface area contributed by atoms with E-state index in [4.69, 9.17) is 10.5 Å². The molecule has 0 saturated carbocycles. The fourth-order valence-electron chi connectivity index (χ4n) is 1.39. The third-order valence-electron chi connectivity index (χ3n) is 2.14. The highest BCUT2D eigenvalue weighted by atomic mass is 15.0. The van der Waals surface area contributed by atoms with Crippen LogP contribution >= 0.6 is 0 Å². The van der Waals surface area contributed by atoms with Crippen LogP contribution in [0, 0.1) is 22.7 Å². The van der Waals surface area contributed by atoms with Crippen molar-refractivity contribution in [3.8, 4) is 17.8 Å². The van der Waals surface area contributed by atoms with E-state index in [0.29, 0.717) is 11.3 Å². The Hall–Kier alpha value is -2.52. The molecule has 1 aromatic carbocycles. The summed E-state index contributed by atoms with van der Waals surface area (Å²) in [4.78, 5) is 0. The van der Waals surface area contributed by atoms with Gasteiger partial charge in [0, 0.05) is 11.9 Å². The zero-order chi connectivity index (χ0) is 10.7. The van der Waals surface area contributed by atoms with E-state index in [0.717, 1.165) is 5.69 Å². The van der Waals surface area contributed by atoms with E-state index in [1.165, 1.54) is 0 Å². The van der Waals surface area contributed by atoms with Gasteiger partial charge in [-0.1, -0.05) is 0 Å². The SMILES string of the molecule is N#Cc1ccc(-n2cccc2C#N)cc1. The third kappa shape index (κ3) is 1.59. The van der Waals surface area contributed by atoms with Crippen molar-refractivity contribution in [2.75, 3.05) is 0 Å². The highest BCUT2D eigenvalue weighted by Crippen LogP contribution is 2.12. The minimum atomic E-state index is 0.583. The van der Waals surface area contributed by atoms with Crippen LogP contribution in [0.2, 0.25) is 0 Å². The van der Waals surface area contributed by atoms with E-state index in [9.17, 15) is 0 Å². The predicted molar refractivity (Wildman–Crippen MR) is 55.2 cm³/mol. The third-order valence-corrected chi connectivity index (χ3v) is 2.14. The van der Waals surface area contributed by atoms with Crippen LogP contribution < -0.4 is 0 Å². The lowest BCUT2D eigenvalue weighted by molar-refractivity contribution is 1.05. The molecule has 1 aromatic heterocycles. The zero-order valence-corrected chi connectivity index (χ0v) is 7.88. The van der Waals surface area contributed by atoms with Crippen LogP contribution in [-0.4, -0.2) is 4.57 Å². The van der Waals surface area contributed by atoms with Crippen LogP contribution in [0.25, 0.3) is 5.69 Å². The average Bonchev–Trinajstić information content (AvgIpc) is 2.77. The summed E-state index contributed by atoms with van der Waals surface area (Å²) in [5.41, 5.74) is 2.08. The van der Waals surface area contributed by atoms with Crippen molar-refractivity contribution in [2.24, 2.45) is 0 Å². The summed E-state index contributed by atoms with van der Waals surface area (Å²) in [6.07, 6.45) is 1.82. The molecule has 15 heavy (non-hydrogen) atoms. The molecule has 70 valence electrons. The van der Waals surface area contributed by atoms with Gasteiger partial charge in [0.1, 0.15) is 11.8 Å². The van der Waals surface area contributed by atoms with Crippen LogP contribution in [0.4, 0.5) is 0 Å². The van der Waals surface area contributed by atoms with Gasteiger partial charge in [-0.3, -0.25) is 0 Å². The lowest BCUT2D eigenvalue weighted by Crippen LogP contribution is -1.94. The summed E-state index contributed by atoms with van der Waals surface area (Å²) in [5.74, 6) is 0. The maximum Gasteiger partial charge on any atom is 0.124 e. The van der Waals surface area contributed by atoms with Gasteiger partial charge in [-0.2, -0.15) is 10.5 Å². The van der Waals surface area contributed by atoms with Gasteiger partial charge in [-0.15, -0.1) is 0 Å². The van der Waals surface area contributed by atoms with Crippen LogP contribution in [0.3, 0.4) is 0 Å². The molecule has 2 rings (SSSR count). The van der Waals surface area contributed by atoms with Crippen molar-refractivity contribution < 1.29 is 0 Å². The molecule has 2 aromatic rings. The molecule has 3 heteroatoms. The van der Waals surface area contributed by atoms with E-state index in [2.05, 4.69) is 12.1 Å². The Kier molecular flexibility index (Phi) is 2.23. The molecule has 0 saturated heterocycles. The number of nitriles is 2. The minimum Gasteiger partial charge on any atom is -0.308 e. The quantitative estimate of drug-likeness (QED) is 0.697. The molecule has 0 aliphatic heterocycles. The van der Waals surface area contributed by atoms with Crippen LogP contribution in [0.1, 0.15) is 11.3 Å². The first-order valence-electron chi connectivity index (χ1n) is 4.43. The van der Waals surface area contributed by atoms with Gasteiger partial charge in [-0.25, -0.2) is 0 Å². The molecule has 3 nitrogen and oxygen atoms in total. The Morgan fingerprint density at radius 1 is 0.933 bits per heavy atom. The average molecular weight is 193 g/mol. The van der Waals surface area contributed by atoms with Gasteiger partial charge < -0.3 is 4.57 Å². The van der Waals surface area contributed by atoms with Gasteiger partial charge in [0.25, 0.3) is 0 Å². The van der Waals surface area contributed by atoms with E-state index < -0.39 is 0 Å². The van der Waals surface area contributed by atoms with Crippen molar-refractivity contribution in [3.63, 3.8) is 0 Å². The first kappa shape index (κ1) is 9.05. The number of rotatable bonds is 1. The number of aromatic nitrogens is 1. The van der Waals surface area contributed by atoms with Crippen molar-refractivity contribution in [1.82, 2.24) is 4.57 Å². The first-order valence-corrected chi connectivity index (χ1v) is 4.43. The Labute approximate surface area is 87.4 Å². The molecule has 0 fully saturated rings. The fraction of sp³-hybridized carbons (Fsp3) is 0. The van der Waals surface area contributed by atoms with E-state index >= 15 is 0 Å². The van der Waals surface area contributed by atoms with Crippen LogP contribution in [0.15, 0.2) is 42.6 Å². The molecular formula is C12H7N3. The molecule has 0 N–H and O–H groups in total. The highest BCUT2D eigenvalue weighted by molar-refractivity contribution is 5.42. The van der Waals surface area contributed by atoms with E-state index in [1.54, 1.807) is 22.8 Å². The molecule has 0 aliphatic carbocycles. The van der Waals surface area contributed by atoms with E-state index in [-0.39, 0.29) is 0 Å².